The number of carbonyl (C=O) groups is 1. The second-order valence-corrected chi connectivity index (χ2v) is 10.6. The normalized spacial score (nSPS) is 16.6. The van der Waals surface area contributed by atoms with E-state index in [1.807, 2.05) is 30.3 Å². The third-order valence-electron chi connectivity index (χ3n) is 5.03. The topological polar surface area (TPSA) is 135 Å². The van der Waals surface area contributed by atoms with Crippen molar-refractivity contribution in [1.82, 2.24) is 0 Å². The Labute approximate surface area is 177 Å². The van der Waals surface area contributed by atoms with E-state index in [0.29, 0.717) is 10.8 Å². The van der Waals surface area contributed by atoms with Gasteiger partial charge >= 0.3 is 0 Å². The molecule has 8 nitrogen and oxygen atoms in total. The molecule has 0 saturated carbocycles. The number of nitrogens with zero attached hydrogens (tertiary/aromatic N) is 1. The summed E-state index contributed by atoms with van der Waals surface area (Å²) in [5, 5.41) is -0.590. The van der Waals surface area contributed by atoms with Crippen molar-refractivity contribution >= 4 is 64.0 Å². The number of Topliss-reactive ketones (excluding diaryl/α,β-unsaturated/α-hetero) is 1. The van der Waals surface area contributed by atoms with Crippen molar-refractivity contribution in [3.63, 3.8) is 0 Å². The molecular weight excluding hydrogens is 442 g/mol. The number of benzene rings is 3. The Balaban J connectivity index is 2.01. The van der Waals surface area contributed by atoms with Gasteiger partial charge in [0, 0.05) is 6.08 Å². The number of ketones is 1. The Kier molecular flexibility index (Phi) is 5.10. The summed E-state index contributed by atoms with van der Waals surface area (Å²) in [5.41, 5.74) is -0.0743. The number of carbonyl (C=O) groups excluding carboxylic acids is 2. The Hall–Kier alpha value is -3.17. The lowest BCUT2D eigenvalue weighted by molar-refractivity contribution is 0.100. The Morgan fingerprint density at radius 2 is 1.68 bits per heavy atom. The zero-order valence-electron chi connectivity index (χ0n) is 15.8. The lowest BCUT2D eigenvalue weighted by Crippen LogP contribution is -2.44. The molecule has 0 saturated heterocycles. The molecule has 158 valence electrons. The van der Waals surface area contributed by atoms with E-state index in [1.165, 1.54) is 12.0 Å². The number of fused-ring (bicyclic) bond motifs is 4. The maximum Gasteiger partial charge on any atom is 0.282 e. The van der Waals surface area contributed by atoms with Crippen LogP contribution in [0, 0.1) is 0 Å². The first-order valence-electron chi connectivity index (χ1n) is 9.10. The molecule has 0 radical (unpaired) electrons. The van der Waals surface area contributed by atoms with E-state index in [4.69, 9.17) is 0 Å². The highest BCUT2D eigenvalue weighted by molar-refractivity contribution is 8.08. The number of sulfone groups is 1. The van der Waals surface area contributed by atoms with Gasteiger partial charge in [-0.25, -0.2) is 18.2 Å². The molecule has 0 spiro atoms. The van der Waals surface area contributed by atoms with Crippen LogP contribution in [0.15, 0.2) is 59.6 Å². The number of hydrogen-bond donors (Lipinski definition) is 1. The Bertz CT molecular complexity index is 1550. The van der Waals surface area contributed by atoms with E-state index in [1.54, 1.807) is 12.1 Å². The summed E-state index contributed by atoms with van der Waals surface area (Å²) in [6, 6.07) is 14.0. The van der Waals surface area contributed by atoms with Crippen molar-refractivity contribution in [2.24, 2.45) is 4.99 Å². The van der Waals surface area contributed by atoms with Crippen molar-refractivity contribution in [3.8, 4) is 0 Å². The molecule has 0 fully saturated rings. The first-order valence-corrected chi connectivity index (χ1v) is 12.3. The van der Waals surface area contributed by atoms with Crippen LogP contribution in [0.25, 0.3) is 21.5 Å². The van der Waals surface area contributed by atoms with Crippen LogP contribution in [0.3, 0.4) is 0 Å². The quantitative estimate of drug-likeness (QED) is 0.361. The zero-order valence-corrected chi connectivity index (χ0v) is 17.5. The molecule has 1 atom stereocenters. The molecule has 0 aliphatic carbocycles. The fourth-order valence-corrected chi connectivity index (χ4v) is 6.46. The van der Waals surface area contributed by atoms with Gasteiger partial charge < -0.3 is 0 Å². The third kappa shape index (κ3) is 3.70. The van der Waals surface area contributed by atoms with E-state index < -0.39 is 41.8 Å². The Morgan fingerprint density at radius 1 is 1.00 bits per heavy atom. The molecule has 4 rings (SSSR count). The summed E-state index contributed by atoms with van der Waals surface area (Å²) in [5.74, 6) is -0.300. The van der Waals surface area contributed by atoms with Crippen LogP contribution in [-0.2, 0) is 24.7 Å². The van der Waals surface area contributed by atoms with Crippen LogP contribution in [0.4, 0.5) is 5.69 Å². The first kappa shape index (κ1) is 21.1. The van der Waals surface area contributed by atoms with Crippen molar-refractivity contribution < 1.29 is 31.0 Å². The van der Waals surface area contributed by atoms with Crippen molar-refractivity contribution in [2.45, 2.75) is 11.7 Å². The molecule has 1 heterocycles. The molecule has 0 amide bonds. The van der Waals surface area contributed by atoms with Gasteiger partial charge in [0.25, 0.3) is 10.1 Å². The molecular formula is C21H15NO7S2. The smallest absolute Gasteiger partial charge is 0.282 e. The summed E-state index contributed by atoms with van der Waals surface area (Å²) in [7, 11) is -9.51. The van der Waals surface area contributed by atoms with Gasteiger partial charge in [-0.3, -0.25) is 9.35 Å². The van der Waals surface area contributed by atoms with E-state index in [2.05, 4.69) is 4.99 Å². The van der Waals surface area contributed by atoms with Crippen molar-refractivity contribution in [2.75, 3.05) is 5.75 Å². The predicted octanol–water partition coefficient (Wildman–Crippen LogP) is 2.67. The number of hydrogen-bond acceptors (Lipinski definition) is 7. The number of aliphatic imine (C=N–C) groups is 1. The molecule has 0 aromatic heterocycles. The van der Waals surface area contributed by atoms with E-state index >= 15 is 0 Å². The van der Waals surface area contributed by atoms with Gasteiger partial charge in [-0.15, -0.1) is 0 Å². The minimum atomic E-state index is -5.14. The fraction of sp³-hybridized carbons (Fsp3) is 0.143. The highest BCUT2D eigenvalue weighted by atomic mass is 32.2. The van der Waals surface area contributed by atoms with Crippen LogP contribution in [0.1, 0.15) is 16.8 Å². The van der Waals surface area contributed by atoms with E-state index in [0.717, 1.165) is 16.8 Å². The van der Waals surface area contributed by atoms with Crippen LogP contribution < -0.4 is 0 Å². The van der Waals surface area contributed by atoms with Crippen LogP contribution in [0.5, 0.6) is 0 Å². The van der Waals surface area contributed by atoms with Gasteiger partial charge in [0.2, 0.25) is 5.25 Å². The van der Waals surface area contributed by atoms with Crippen molar-refractivity contribution in [1.29, 1.82) is 0 Å². The lowest BCUT2D eigenvalue weighted by Gasteiger charge is -2.22. The summed E-state index contributed by atoms with van der Waals surface area (Å²) in [6.07, 6.45) is 0.686. The highest BCUT2D eigenvalue weighted by Crippen LogP contribution is 2.37. The van der Waals surface area contributed by atoms with Gasteiger partial charge in [-0.05, 0) is 46.2 Å². The molecule has 31 heavy (non-hydrogen) atoms. The van der Waals surface area contributed by atoms with E-state index in [9.17, 15) is 31.0 Å². The maximum atomic E-state index is 13.2. The lowest BCUT2D eigenvalue weighted by atomic mass is 9.94. The van der Waals surface area contributed by atoms with Gasteiger partial charge in [-0.1, -0.05) is 30.3 Å². The van der Waals surface area contributed by atoms with E-state index in [-0.39, 0.29) is 17.7 Å². The van der Waals surface area contributed by atoms with Gasteiger partial charge in [0.1, 0.15) is 5.94 Å². The van der Waals surface area contributed by atoms with Gasteiger partial charge in [-0.2, -0.15) is 8.42 Å². The van der Waals surface area contributed by atoms with Crippen molar-refractivity contribution in [3.05, 3.63) is 60.2 Å². The Morgan fingerprint density at radius 3 is 2.32 bits per heavy atom. The first-order chi connectivity index (χ1) is 14.6. The summed E-state index contributed by atoms with van der Waals surface area (Å²) >= 11 is 0. The molecule has 3 aromatic rings. The molecule has 10 heteroatoms. The average molecular weight is 457 g/mol. The minimum absolute atomic E-state index is 0.00261. The third-order valence-corrected chi connectivity index (χ3v) is 7.95. The molecule has 1 N–H and O–H groups in total. The average Bonchev–Trinajstić information content (AvgIpc) is 2.70. The van der Waals surface area contributed by atoms with Crippen LogP contribution in [0.2, 0.25) is 0 Å². The maximum absolute atomic E-state index is 13.2. The van der Waals surface area contributed by atoms with Gasteiger partial charge in [0.05, 0.1) is 17.0 Å². The number of rotatable bonds is 4. The summed E-state index contributed by atoms with van der Waals surface area (Å²) < 4.78 is 59.3. The summed E-state index contributed by atoms with van der Waals surface area (Å²) in [6.45, 7) is 0. The zero-order chi connectivity index (χ0) is 22.4. The second-order valence-electron chi connectivity index (χ2n) is 7.02. The predicted molar refractivity (Wildman–Crippen MR) is 117 cm³/mol. The molecule has 3 aromatic carbocycles. The SMILES string of the molecule is O=C=CCCS(=O)(=O)C1=Nc2ccc3cc4ccccc4cc3c2C(=O)C1S(=O)(=O)O. The molecule has 1 aliphatic rings. The van der Waals surface area contributed by atoms with Crippen LogP contribution in [-0.4, -0.2) is 49.2 Å². The fourth-order valence-electron chi connectivity index (χ4n) is 3.65. The van der Waals surface area contributed by atoms with Crippen LogP contribution >= 0.6 is 0 Å². The standard InChI is InChI=1S/C21H15NO7S2/c23-9-3-4-10-30(25,26)21-20(31(27,28)29)19(24)18-16-12-14-6-2-1-5-13(14)11-15(16)7-8-17(18)22-21/h1-3,5-8,11-12,20H,4,10H2,(H,27,28,29). The second kappa shape index (κ2) is 7.51. The molecule has 0 bridgehead atoms. The number of allylic oxidation sites excluding steroid dienone is 1. The largest absolute Gasteiger partial charge is 0.292 e. The highest BCUT2D eigenvalue weighted by Gasteiger charge is 2.46. The summed E-state index contributed by atoms with van der Waals surface area (Å²) in [4.78, 5) is 27.6. The molecule has 1 unspecified atom stereocenters. The van der Waals surface area contributed by atoms with Gasteiger partial charge in [0.15, 0.2) is 20.7 Å². The monoisotopic (exact) mass is 457 g/mol. The minimum Gasteiger partial charge on any atom is -0.292 e. The molecule has 1 aliphatic heterocycles.